The van der Waals surface area contributed by atoms with Crippen molar-refractivity contribution < 1.29 is 18.3 Å². The first-order chi connectivity index (χ1) is 14.0. The number of hydrogen-bond donors (Lipinski definition) is 0. The Kier molecular flexibility index (Phi) is 4.64. The van der Waals surface area contributed by atoms with E-state index in [-0.39, 0.29) is 22.5 Å². The lowest BCUT2D eigenvalue weighted by molar-refractivity contribution is 0.0601. The lowest BCUT2D eigenvalue weighted by Gasteiger charge is -2.14. The topological polar surface area (TPSA) is 61.2 Å². The maximum atomic E-state index is 13.9. The number of nitrogens with zero attached hydrogens (tertiary/aromatic N) is 2. The summed E-state index contributed by atoms with van der Waals surface area (Å²) in [7, 11) is 1.23. The van der Waals surface area contributed by atoms with Crippen LogP contribution in [0.4, 0.5) is 8.78 Å². The number of benzene rings is 3. The second-order valence-corrected chi connectivity index (χ2v) is 6.29. The zero-order valence-corrected chi connectivity index (χ0v) is 15.2. The van der Waals surface area contributed by atoms with Gasteiger partial charge in [-0.15, -0.1) is 0 Å². The Labute approximate surface area is 163 Å². The van der Waals surface area contributed by atoms with Crippen molar-refractivity contribution in [1.82, 2.24) is 9.55 Å². The highest BCUT2D eigenvalue weighted by molar-refractivity contribution is 5.94. The molecule has 0 radical (unpaired) electrons. The molecule has 0 bridgehead atoms. The van der Waals surface area contributed by atoms with Gasteiger partial charge in [-0.2, -0.15) is 0 Å². The molecule has 0 aliphatic heterocycles. The number of hydrogen-bond acceptors (Lipinski definition) is 4. The van der Waals surface area contributed by atoms with Crippen LogP contribution >= 0.6 is 0 Å². The minimum Gasteiger partial charge on any atom is -0.465 e. The van der Waals surface area contributed by atoms with E-state index < -0.39 is 23.2 Å². The molecule has 0 saturated carbocycles. The first-order valence-corrected chi connectivity index (χ1v) is 8.65. The van der Waals surface area contributed by atoms with Crippen molar-refractivity contribution in [2.75, 3.05) is 7.11 Å². The molecule has 0 N–H and O–H groups in total. The van der Waals surface area contributed by atoms with E-state index in [0.717, 1.165) is 22.8 Å². The van der Waals surface area contributed by atoms with Gasteiger partial charge in [-0.05, 0) is 30.3 Å². The Morgan fingerprint density at radius 2 is 1.66 bits per heavy atom. The quantitative estimate of drug-likeness (QED) is 0.492. The summed E-state index contributed by atoms with van der Waals surface area (Å²) in [6.45, 7) is 0. The fourth-order valence-corrected chi connectivity index (χ4v) is 3.12. The third kappa shape index (κ3) is 3.38. The fraction of sp³-hybridized carbons (Fsp3) is 0.0455. The van der Waals surface area contributed by atoms with Crippen LogP contribution < -0.4 is 5.56 Å². The number of carbonyl (C=O) groups excluding carboxylic acids is 1. The van der Waals surface area contributed by atoms with Crippen molar-refractivity contribution in [3.05, 3.63) is 94.3 Å². The number of ether oxygens (including phenoxy) is 1. The molecule has 0 unspecified atom stereocenters. The summed E-state index contributed by atoms with van der Waals surface area (Å²) in [5.41, 5.74) is 0.528. The Hall–Kier alpha value is -3.87. The Balaban J connectivity index is 2.10. The Morgan fingerprint density at radius 3 is 2.31 bits per heavy atom. The van der Waals surface area contributed by atoms with E-state index in [9.17, 15) is 18.4 Å². The molecule has 7 heteroatoms. The predicted octanol–water partition coefficient (Wildman–Crippen LogP) is 4.12. The van der Waals surface area contributed by atoms with Gasteiger partial charge in [0.15, 0.2) is 0 Å². The average Bonchev–Trinajstić information content (AvgIpc) is 2.72. The largest absolute Gasteiger partial charge is 0.465 e. The van der Waals surface area contributed by atoms with Crippen molar-refractivity contribution in [2.45, 2.75) is 0 Å². The highest BCUT2D eigenvalue weighted by atomic mass is 19.1. The standard InChI is InChI=1S/C22H14F2N2O3/c1-29-22(28)14-7-8-19-18(9-14)21(27)26(17-11-15(23)10-16(24)12-17)20(25-19)13-5-3-2-4-6-13/h2-12H,1H3. The highest BCUT2D eigenvalue weighted by Gasteiger charge is 2.17. The van der Waals surface area contributed by atoms with Gasteiger partial charge in [0.05, 0.1) is 29.3 Å². The number of fused-ring (bicyclic) bond motifs is 1. The van der Waals surface area contributed by atoms with Crippen molar-refractivity contribution in [2.24, 2.45) is 0 Å². The van der Waals surface area contributed by atoms with Crippen LogP contribution in [0.25, 0.3) is 28.0 Å². The average molecular weight is 392 g/mol. The second kappa shape index (κ2) is 7.27. The van der Waals surface area contributed by atoms with Gasteiger partial charge in [0.1, 0.15) is 17.5 Å². The Bertz CT molecular complexity index is 1280. The molecule has 4 rings (SSSR count). The van der Waals surface area contributed by atoms with Crippen LogP contribution in [0.3, 0.4) is 0 Å². The van der Waals surface area contributed by atoms with Crippen molar-refractivity contribution in [3.63, 3.8) is 0 Å². The molecule has 4 aromatic rings. The third-order valence-electron chi connectivity index (χ3n) is 4.43. The molecule has 0 aliphatic rings. The normalized spacial score (nSPS) is 10.9. The van der Waals surface area contributed by atoms with Crippen LogP contribution in [0.5, 0.6) is 0 Å². The monoisotopic (exact) mass is 392 g/mol. The molecule has 5 nitrogen and oxygen atoms in total. The number of halogens is 2. The SMILES string of the molecule is COC(=O)c1ccc2nc(-c3ccccc3)n(-c3cc(F)cc(F)c3)c(=O)c2c1. The summed E-state index contributed by atoms with van der Waals surface area (Å²) in [4.78, 5) is 29.7. The van der Waals surface area contributed by atoms with E-state index in [1.165, 1.54) is 25.3 Å². The summed E-state index contributed by atoms with van der Waals surface area (Å²) in [6, 6.07) is 16.0. The molecular weight excluding hydrogens is 378 g/mol. The van der Waals surface area contributed by atoms with Crippen LogP contribution in [-0.4, -0.2) is 22.6 Å². The molecule has 0 aliphatic carbocycles. The molecule has 29 heavy (non-hydrogen) atoms. The highest BCUT2D eigenvalue weighted by Crippen LogP contribution is 2.23. The molecule has 144 valence electrons. The van der Waals surface area contributed by atoms with E-state index in [1.54, 1.807) is 30.3 Å². The number of aromatic nitrogens is 2. The van der Waals surface area contributed by atoms with Gasteiger partial charge in [-0.25, -0.2) is 18.6 Å². The van der Waals surface area contributed by atoms with E-state index in [4.69, 9.17) is 4.74 Å². The fourth-order valence-electron chi connectivity index (χ4n) is 3.12. The molecule has 0 amide bonds. The summed E-state index contributed by atoms with van der Waals surface area (Å²) in [6.07, 6.45) is 0. The van der Waals surface area contributed by atoms with Gasteiger partial charge < -0.3 is 4.74 Å². The second-order valence-electron chi connectivity index (χ2n) is 6.29. The van der Waals surface area contributed by atoms with Gasteiger partial charge in [-0.3, -0.25) is 9.36 Å². The van der Waals surface area contributed by atoms with Crippen molar-refractivity contribution in [3.8, 4) is 17.1 Å². The van der Waals surface area contributed by atoms with Crippen LogP contribution in [0.2, 0.25) is 0 Å². The molecule has 1 aromatic heterocycles. The molecule has 3 aromatic carbocycles. The zero-order valence-electron chi connectivity index (χ0n) is 15.2. The summed E-state index contributed by atoms with van der Waals surface area (Å²) >= 11 is 0. The maximum absolute atomic E-state index is 13.9. The number of carbonyl (C=O) groups is 1. The summed E-state index contributed by atoms with van der Waals surface area (Å²) < 4.78 is 33.6. The van der Waals surface area contributed by atoms with Crippen molar-refractivity contribution in [1.29, 1.82) is 0 Å². The first-order valence-electron chi connectivity index (χ1n) is 8.65. The van der Waals surface area contributed by atoms with Crippen LogP contribution in [0, 0.1) is 11.6 Å². The van der Waals surface area contributed by atoms with Crippen LogP contribution in [-0.2, 0) is 4.74 Å². The molecule has 1 heterocycles. The lowest BCUT2D eigenvalue weighted by Crippen LogP contribution is -2.22. The molecule has 0 atom stereocenters. The third-order valence-corrected chi connectivity index (χ3v) is 4.43. The first kappa shape index (κ1) is 18.5. The summed E-state index contributed by atoms with van der Waals surface area (Å²) in [5, 5.41) is 0.122. The van der Waals surface area contributed by atoms with Crippen LogP contribution in [0.1, 0.15) is 10.4 Å². The van der Waals surface area contributed by atoms with E-state index in [1.807, 2.05) is 0 Å². The van der Waals surface area contributed by atoms with Gasteiger partial charge in [0.2, 0.25) is 0 Å². The van der Waals surface area contributed by atoms with E-state index in [2.05, 4.69) is 4.98 Å². The maximum Gasteiger partial charge on any atom is 0.337 e. The van der Waals surface area contributed by atoms with Gasteiger partial charge in [-0.1, -0.05) is 30.3 Å². The van der Waals surface area contributed by atoms with Gasteiger partial charge in [0.25, 0.3) is 5.56 Å². The van der Waals surface area contributed by atoms with E-state index in [0.29, 0.717) is 11.1 Å². The Morgan fingerprint density at radius 1 is 0.966 bits per heavy atom. The van der Waals surface area contributed by atoms with Crippen molar-refractivity contribution >= 4 is 16.9 Å². The van der Waals surface area contributed by atoms with Gasteiger partial charge >= 0.3 is 5.97 Å². The van der Waals surface area contributed by atoms with E-state index >= 15 is 0 Å². The lowest BCUT2D eigenvalue weighted by atomic mass is 10.1. The van der Waals surface area contributed by atoms with Crippen LogP contribution in [0.15, 0.2) is 71.5 Å². The number of methoxy groups -OCH3 is 1. The minimum absolute atomic E-state index is 0.00998. The predicted molar refractivity (Wildman–Crippen MR) is 104 cm³/mol. The summed E-state index contributed by atoms with van der Waals surface area (Å²) in [5.74, 6) is -2.04. The van der Waals surface area contributed by atoms with Gasteiger partial charge in [0, 0.05) is 11.6 Å². The zero-order chi connectivity index (χ0) is 20.5. The number of rotatable bonds is 3. The minimum atomic E-state index is -0.825. The molecular formula is C22H14F2N2O3. The molecule has 0 fully saturated rings. The smallest absolute Gasteiger partial charge is 0.337 e. The number of esters is 1. The molecule has 0 spiro atoms. The molecule has 0 saturated heterocycles.